The van der Waals surface area contributed by atoms with Gasteiger partial charge in [-0.2, -0.15) is 0 Å². The van der Waals surface area contributed by atoms with Crippen molar-refractivity contribution in [3.05, 3.63) is 41.5 Å². The summed E-state index contributed by atoms with van der Waals surface area (Å²) in [6.07, 6.45) is 6.07. The molecule has 2 aromatic rings. The number of pyridine rings is 1. The Balaban J connectivity index is 1.52. The Bertz CT molecular complexity index is 850. The first-order valence-electron chi connectivity index (χ1n) is 10.0. The average molecular weight is 381 g/mol. The molecule has 1 amide bonds. The predicted octanol–water partition coefficient (Wildman–Crippen LogP) is 2.81. The standard InChI is InChI=1S/C21H27N5O2/c1-15-23-18(13-19(24-15)25-9-3-4-10-25)17-6-5-11-26(14-17)21(27)16-7-8-22-20(12-16)28-2/h7-8,12-13,17H,3-6,9-11,14H2,1-2H3/t17-/m0/s1. The number of piperidine rings is 1. The molecule has 0 bridgehead atoms. The van der Waals surface area contributed by atoms with Crippen LogP contribution in [0.3, 0.4) is 0 Å². The molecule has 7 nitrogen and oxygen atoms in total. The van der Waals surface area contributed by atoms with E-state index in [0.29, 0.717) is 18.0 Å². The first-order valence-corrected chi connectivity index (χ1v) is 10.0. The number of carbonyl (C=O) groups excluding carboxylic acids is 1. The molecule has 0 saturated carbocycles. The maximum atomic E-state index is 13.0. The van der Waals surface area contributed by atoms with Crippen molar-refractivity contribution >= 4 is 11.7 Å². The zero-order chi connectivity index (χ0) is 19.5. The predicted molar refractivity (Wildman–Crippen MR) is 107 cm³/mol. The van der Waals surface area contributed by atoms with Gasteiger partial charge in [0.25, 0.3) is 5.91 Å². The normalized spacial score (nSPS) is 19.7. The van der Waals surface area contributed by atoms with Crippen LogP contribution < -0.4 is 9.64 Å². The molecule has 148 valence electrons. The Morgan fingerprint density at radius 1 is 1.14 bits per heavy atom. The number of aromatic nitrogens is 3. The molecule has 0 aliphatic carbocycles. The maximum absolute atomic E-state index is 13.0. The van der Waals surface area contributed by atoms with Crippen molar-refractivity contribution in [1.29, 1.82) is 0 Å². The van der Waals surface area contributed by atoms with Gasteiger partial charge in [-0.25, -0.2) is 15.0 Å². The largest absolute Gasteiger partial charge is 0.481 e. The minimum absolute atomic E-state index is 0.0240. The summed E-state index contributed by atoms with van der Waals surface area (Å²) in [6, 6.07) is 5.58. The topological polar surface area (TPSA) is 71.5 Å². The van der Waals surface area contributed by atoms with Gasteiger partial charge < -0.3 is 14.5 Å². The van der Waals surface area contributed by atoms with Gasteiger partial charge >= 0.3 is 0 Å². The molecule has 7 heteroatoms. The Kier molecular flexibility index (Phi) is 5.41. The lowest BCUT2D eigenvalue weighted by Crippen LogP contribution is -2.39. The van der Waals surface area contributed by atoms with Gasteiger partial charge in [0.15, 0.2) is 0 Å². The lowest BCUT2D eigenvalue weighted by atomic mass is 9.94. The van der Waals surface area contributed by atoms with Crippen molar-refractivity contribution in [2.75, 3.05) is 38.2 Å². The molecule has 28 heavy (non-hydrogen) atoms. The molecular weight excluding hydrogens is 354 g/mol. The lowest BCUT2D eigenvalue weighted by molar-refractivity contribution is 0.0705. The summed E-state index contributed by atoms with van der Waals surface area (Å²) in [7, 11) is 1.56. The highest BCUT2D eigenvalue weighted by Crippen LogP contribution is 2.29. The number of hydrogen-bond donors (Lipinski definition) is 0. The van der Waals surface area contributed by atoms with E-state index in [0.717, 1.165) is 49.8 Å². The molecule has 2 aliphatic heterocycles. The smallest absolute Gasteiger partial charge is 0.254 e. The number of hydrogen-bond acceptors (Lipinski definition) is 6. The van der Waals surface area contributed by atoms with Gasteiger partial charge in [-0.05, 0) is 38.7 Å². The number of aryl methyl sites for hydroxylation is 1. The highest BCUT2D eigenvalue weighted by Gasteiger charge is 2.28. The Morgan fingerprint density at radius 2 is 1.96 bits per heavy atom. The van der Waals surface area contributed by atoms with E-state index >= 15 is 0 Å². The van der Waals surface area contributed by atoms with Crippen molar-refractivity contribution in [1.82, 2.24) is 19.9 Å². The van der Waals surface area contributed by atoms with Crippen LogP contribution in [0.15, 0.2) is 24.4 Å². The van der Waals surface area contributed by atoms with Gasteiger partial charge in [0.1, 0.15) is 11.6 Å². The van der Waals surface area contributed by atoms with Crippen molar-refractivity contribution in [2.45, 2.75) is 38.5 Å². The number of rotatable bonds is 4. The van der Waals surface area contributed by atoms with Crippen LogP contribution in [0.5, 0.6) is 5.88 Å². The van der Waals surface area contributed by atoms with Gasteiger partial charge in [0, 0.05) is 56.0 Å². The summed E-state index contributed by atoms with van der Waals surface area (Å²) in [5.74, 6) is 2.56. The molecule has 2 aliphatic rings. The van der Waals surface area contributed by atoms with E-state index in [9.17, 15) is 4.79 Å². The van der Waals surface area contributed by atoms with Crippen molar-refractivity contribution in [2.24, 2.45) is 0 Å². The first kappa shape index (κ1) is 18.7. The summed E-state index contributed by atoms with van der Waals surface area (Å²) < 4.78 is 5.15. The van der Waals surface area contributed by atoms with Crippen LogP contribution in [-0.2, 0) is 0 Å². The molecule has 0 aromatic carbocycles. The quantitative estimate of drug-likeness (QED) is 0.811. The Hall–Kier alpha value is -2.70. The number of anilines is 1. The minimum atomic E-state index is 0.0240. The number of likely N-dealkylation sites (tertiary alicyclic amines) is 1. The molecule has 4 rings (SSSR count). The SMILES string of the molecule is COc1cc(C(=O)N2CCC[C@H](c3cc(N4CCCC4)nc(C)n3)C2)ccn1. The third-order valence-corrected chi connectivity index (χ3v) is 5.59. The van der Waals surface area contributed by atoms with E-state index in [4.69, 9.17) is 9.72 Å². The Morgan fingerprint density at radius 3 is 2.75 bits per heavy atom. The second kappa shape index (κ2) is 8.12. The van der Waals surface area contributed by atoms with Crippen LogP contribution in [0.25, 0.3) is 0 Å². The number of amides is 1. The molecule has 1 atom stereocenters. The molecule has 0 unspecified atom stereocenters. The third kappa shape index (κ3) is 3.93. The molecule has 0 N–H and O–H groups in total. The summed E-state index contributed by atoms with van der Waals surface area (Å²) >= 11 is 0. The summed E-state index contributed by atoms with van der Waals surface area (Å²) in [4.78, 5) is 30.7. The van der Waals surface area contributed by atoms with Gasteiger partial charge in [-0.3, -0.25) is 4.79 Å². The molecule has 4 heterocycles. The highest BCUT2D eigenvalue weighted by molar-refractivity contribution is 5.94. The van der Waals surface area contributed by atoms with Crippen molar-refractivity contribution < 1.29 is 9.53 Å². The van der Waals surface area contributed by atoms with E-state index in [1.54, 1.807) is 25.4 Å². The van der Waals surface area contributed by atoms with Crippen molar-refractivity contribution in [3.63, 3.8) is 0 Å². The van der Waals surface area contributed by atoms with Crippen LogP contribution in [-0.4, -0.2) is 59.0 Å². The zero-order valence-corrected chi connectivity index (χ0v) is 16.6. The Labute approximate surface area is 165 Å². The second-order valence-corrected chi connectivity index (χ2v) is 7.57. The summed E-state index contributed by atoms with van der Waals surface area (Å²) in [6.45, 7) is 5.53. The van der Waals surface area contributed by atoms with Crippen LogP contribution in [0.2, 0.25) is 0 Å². The first-order chi connectivity index (χ1) is 13.6. The van der Waals surface area contributed by atoms with E-state index in [1.165, 1.54) is 12.8 Å². The number of carbonyl (C=O) groups is 1. The lowest BCUT2D eigenvalue weighted by Gasteiger charge is -2.33. The van der Waals surface area contributed by atoms with Gasteiger partial charge in [-0.1, -0.05) is 0 Å². The van der Waals surface area contributed by atoms with E-state index < -0.39 is 0 Å². The molecule has 0 radical (unpaired) electrons. The fourth-order valence-corrected chi connectivity index (χ4v) is 4.13. The van der Waals surface area contributed by atoms with E-state index in [2.05, 4.69) is 20.9 Å². The van der Waals surface area contributed by atoms with Crippen LogP contribution in [0.1, 0.15) is 53.5 Å². The van der Waals surface area contributed by atoms with E-state index in [1.807, 2.05) is 11.8 Å². The third-order valence-electron chi connectivity index (χ3n) is 5.59. The van der Waals surface area contributed by atoms with Crippen LogP contribution in [0.4, 0.5) is 5.82 Å². The van der Waals surface area contributed by atoms with Gasteiger partial charge in [0.05, 0.1) is 12.8 Å². The molecule has 2 fully saturated rings. The zero-order valence-electron chi connectivity index (χ0n) is 16.6. The average Bonchev–Trinajstić information content (AvgIpc) is 3.28. The summed E-state index contributed by atoms with van der Waals surface area (Å²) in [5, 5.41) is 0. The van der Waals surface area contributed by atoms with Crippen LogP contribution in [0, 0.1) is 6.92 Å². The monoisotopic (exact) mass is 381 g/mol. The van der Waals surface area contributed by atoms with Gasteiger partial charge in [-0.15, -0.1) is 0 Å². The number of methoxy groups -OCH3 is 1. The summed E-state index contributed by atoms with van der Waals surface area (Å²) in [5.41, 5.74) is 1.67. The van der Waals surface area contributed by atoms with Crippen LogP contribution >= 0.6 is 0 Å². The second-order valence-electron chi connectivity index (χ2n) is 7.57. The fourth-order valence-electron chi connectivity index (χ4n) is 4.13. The number of nitrogens with zero attached hydrogens (tertiary/aromatic N) is 5. The van der Waals surface area contributed by atoms with Gasteiger partial charge in [0.2, 0.25) is 5.88 Å². The molecular formula is C21H27N5O2. The maximum Gasteiger partial charge on any atom is 0.254 e. The fraction of sp³-hybridized carbons (Fsp3) is 0.524. The molecule has 2 aromatic heterocycles. The minimum Gasteiger partial charge on any atom is -0.481 e. The number of ether oxygens (including phenoxy) is 1. The molecule has 0 spiro atoms. The van der Waals surface area contributed by atoms with Crippen molar-refractivity contribution in [3.8, 4) is 5.88 Å². The van der Waals surface area contributed by atoms with E-state index in [-0.39, 0.29) is 11.8 Å². The molecule has 2 saturated heterocycles. The highest BCUT2D eigenvalue weighted by atomic mass is 16.5.